The minimum Gasteiger partial charge on any atom is -0.396 e. The van der Waals surface area contributed by atoms with E-state index in [1.54, 1.807) is 6.20 Å². The maximum atomic E-state index is 8.52. The van der Waals surface area contributed by atoms with Gasteiger partial charge in [-0.05, 0) is 6.42 Å². The number of imidazole rings is 1. The van der Waals surface area contributed by atoms with Crippen molar-refractivity contribution in [1.29, 1.82) is 0 Å². The van der Waals surface area contributed by atoms with Gasteiger partial charge in [0.05, 0.1) is 0 Å². The predicted octanol–water partition coefficient (Wildman–Crippen LogP) is 0.923. The van der Waals surface area contributed by atoms with Crippen molar-refractivity contribution in [2.45, 2.75) is 12.8 Å². The zero-order chi connectivity index (χ0) is 7.40. The Bertz CT molecular complexity index is 200. The molecule has 0 spiro atoms. The van der Waals surface area contributed by atoms with E-state index in [2.05, 4.69) is 4.98 Å². The van der Waals surface area contributed by atoms with Crippen LogP contribution in [-0.4, -0.2) is 21.3 Å². The predicted molar refractivity (Wildman–Crippen MR) is 48.9 cm³/mol. The number of nitrogens with zero attached hydrogens (tertiary/aromatic N) is 2. The highest BCUT2D eigenvalue weighted by atomic mass is 79.9. The quantitative estimate of drug-likeness (QED) is 0.824. The van der Waals surface area contributed by atoms with Gasteiger partial charge in [0.2, 0.25) is 0 Å². The Balaban J connectivity index is 0.000001000. The third kappa shape index (κ3) is 3.03. The molecule has 0 saturated carbocycles. The van der Waals surface area contributed by atoms with Crippen LogP contribution in [0.15, 0.2) is 12.4 Å². The average Bonchev–Trinajstić information content (AvgIpc) is 2.31. The standard InChI is InChI=1S/C7H12N2O.BrH/c1-9-5-4-8-7(9)3-2-6-10;/h4-5,10H,2-3,6H2,1H3;1H. The summed E-state index contributed by atoms with van der Waals surface area (Å²) < 4.78 is 1.97. The summed E-state index contributed by atoms with van der Waals surface area (Å²) in [4.78, 5) is 4.11. The molecule has 1 aromatic rings. The summed E-state index contributed by atoms with van der Waals surface area (Å²) in [6, 6.07) is 0. The van der Waals surface area contributed by atoms with Crippen LogP contribution < -0.4 is 0 Å². The highest BCUT2D eigenvalue weighted by Gasteiger charge is 1.96. The number of rotatable bonds is 3. The fourth-order valence-corrected chi connectivity index (χ4v) is 0.875. The van der Waals surface area contributed by atoms with Crippen molar-refractivity contribution in [2.75, 3.05) is 6.61 Å². The van der Waals surface area contributed by atoms with Gasteiger partial charge in [0, 0.05) is 32.5 Å². The minimum absolute atomic E-state index is 0. The van der Waals surface area contributed by atoms with Crippen LogP contribution in [-0.2, 0) is 13.5 Å². The van der Waals surface area contributed by atoms with E-state index >= 15 is 0 Å². The molecular weight excluding hydrogens is 208 g/mol. The van der Waals surface area contributed by atoms with E-state index in [9.17, 15) is 0 Å². The summed E-state index contributed by atoms with van der Waals surface area (Å²) in [6.07, 6.45) is 5.34. The van der Waals surface area contributed by atoms with Gasteiger partial charge in [-0.1, -0.05) is 0 Å². The molecule has 0 atom stereocenters. The van der Waals surface area contributed by atoms with Crippen LogP contribution in [0.4, 0.5) is 0 Å². The van der Waals surface area contributed by atoms with Crippen LogP contribution in [0, 0.1) is 0 Å². The molecule has 0 saturated heterocycles. The molecular formula is C7H13BrN2O. The number of aliphatic hydroxyl groups excluding tert-OH is 1. The first-order valence-electron chi connectivity index (χ1n) is 3.41. The molecule has 0 radical (unpaired) electrons. The fourth-order valence-electron chi connectivity index (χ4n) is 0.875. The SMILES string of the molecule is Br.Cn1ccnc1CCCO. The second-order valence-electron chi connectivity index (χ2n) is 2.28. The Kier molecular flexibility index (Phi) is 5.15. The number of hydrogen-bond acceptors (Lipinski definition) is 2. The van der Waals surface area contributed by atoms with E-state index in [1.807, 2.05) is 17.8 Å². The van der Waals surface area contributed by atoms with Crippen LogP contribution in [0.1, 0.15) is 12.2 Å². The molecule has 0 aliphatic carbocycles. The number of hydrogen-bond donors (Lipinski definition) is 1. The molecule has 0 aliphatic rings. The molecule has 4 heteroatoms. The Hall–Kier alpha value is -0.350. The maximum absolute atomic E-state index is 8.52. The Morgan fingerprint density at radius 3 is 2.82 bits per heavy atom. The maximum Gasteiger partial charge on any atom is 0.108 e. The van der Waals surface area contributed by atoms with Gasteiger partial charge in [0.15, 0.2) is 0 Å². The molecule has 11 heavy (non-hydrogen) atoms. The third-order valence-corrected chi connectivity index (χ3v) is 1.48. The molecule has 0 bridgehead atoms. The van der Waals surface area contributed by atoms with Gasteiger partial charge in [-0.3, -0.25) is 0 Å². The summed E-state index contributed by atoms with van der Waals surface area (Å²) in [5.74, 6) is 1.04. The molecule has 1 N–H and O–H groups in total. The second kappa shape index (κ2) is 5.32. The summed E-state index contributed by atoms with van der Waals surface area (Å²) in [5.41, 5.74) is 0. The lowest BCUT2D eigenvalue weighted by atomic mass is 10.3. The molecule has 0 aromatic carbocycles. The number of aryl methyl sites for hydroxylation is 2. The van der Waals surface area contributed by atoms with E-state index in [-0.39, 0.29) is 23.6 Å². The summed E-state index contributed by atoms with van der Waals surface area (Å²) in [6.45, 7) is 0.243. The molecule has 64 valence electrons. The highest BCUT2D eigenvalue weighted by Crippen LogP contribution is 1.97. The zero-order valence-corrected chi connectivity index (χ0v) is 8.24. The van der Waals surface area contributed by atoms with Crippen molar-refractivity contribution in [3.8, 4) is 0 Å². The zero-order valence-electron chi connectivity index (χ0n) is 6.53. The van der Waals surface area contributed by atoms with Gasteiger partial charge in [-0.25, -0.2) is 4.98 Å². The van der Waals surface area contributed by atoms with Crippen molar-refractivity contribution < 1.29 is 5.11 Å². The molecule has 0 fully saturated rings. The van der Waals surface area contributed by atoms with E-state index < -0.39 is 0 Å². The lowest BCUT2D eigenvalue weighted by molar-refractivity contribution is 0.287. The van der Waals surface area contributed by atoms with Crippen molar-refractivity contribution >= 4 is 17.0 Å². The third-order valence-electron chi connectivity index (χ3n) is 1.48. The Labute approximate surface area is 76.8 Å². The summed E-state index contributed by atoms with van der Waals surface area (Å²) in [7, 11) is 1.96. The van der Waals surface area contributed by atoms with Gasteiger partial charge in [0.1, 0.15) is 5.82 Å². The van der Waals surface area contributed by atoms with Crippen LogP contribution >= 0.6 is 17.0 Å². The first-order valence-corrected chi connectivity index (χ1v) is 3.41. The molecule has 0 unspecified atom stereocenters. The summed E-state index contributed by atoms with van der Waals surface area (Å²) >= 11 is 0. The number of aliphatic hydroxyl groups is 1. The smallest absolute Gasteiger partial charge is 0.108 e. The largest absolute Gasteiger partial charge is 0.396 e. The lowest BCUT2D eigenvalue weighted by Gasteiger charge is -1.97. The van der Waals surface area contributed by atoms with Gasteiger partial charge in [-0.2, -0.15) is 0 Å². The van der Waals surface area contributed by atoms with Crippen molar-refractivity contribution in [3.05, 3.63) is 18.2 Å². The van der Waals surface area contributed by atoms with Gasteiger partial charge < -0.3 is 9.67 Å². The monoisotopic (exact) mass is 220 g/mol. The first-order chi connectivity index (χ1) is 4.84. The number of aromatic nitrogens is 2. The molecule has 1 heterocycles. The van der Waals surface area contributed by atoms with Crippen LogP contribution in [0.25, 0.3) is 0 Å². The van der Waals surface area contributed by atoms with Crippen LogP contribution in [0.3, 0.4) is 0 Å². The number of halogens is 1. The molecule has 0 amide bonds. The molecule has 3 nitrogen and oxygen atoms in total. The van der Waals surface area contributed by atoms with Crippen molar-refractivity contribution in [3.63, 3.8) is 0 Å². The second-order valence-corrected chi connectivity index (χ2v) is 2.28. The molecule has 0 aliphatic heterocycles. The van der Waals surface area contributed by atoms with Gasteiger partial charge in [0.25, 0.3) is 0 Å². The van der Waals surface area contributed by atoms with Crippen molar-refractivity contribution in [1.82, 2.24) is 9.55 Å². The van der Waals surface area contributed by atoms with Crippen LogP contribution in [0.5, 0.6) is 0 Å². The van der Waals surface area contributed by atoms with E-state index in [4.69, 9.17) is 5.11 Å². The van der Waals surface area contributed by atoms with Gasteiger partial charge >= 0.3 is 0 Å². The van der Waals surface area contributed by atoms with Gasteiger partial charge in [-0.15, -0.1) is 17.0 Å². The first kappa shape index (κ1) is 10.7. The van der Waals surface area contributed by atoms with E-state index in [0.29, 0.717) is 0 Å². The Morgan fingerprint density at radius 2 is 2.36 bits per heavy atom. The fraction of sp³-hybridized carbons (Fsp3) is 0.571. The highest BCUT2D eigenvalue weighted by molar-refractivity contribution is 8.93. The minimum atomic E-state index is 0. The van der Waals surface area contributed by atoms with E-state index in [0.717, 1.165) is 18.7 Å². The lowest BCUT2D eigenvalue weighted by Crippen LogP contribution is -1.98. The van der Waals surface area contributed by atoms with E-state index in [1.165, 1.54) is 0 Å². The van der Waals surface area contributed by atoms with Crippen molar-refractivity contribution in [2.24, 2.45) is 7.05 Å². The average molecular weight is 221 g/mol. The molecule has 1 aromatic heterocycles. The summed E-state index contributed by atoms with van der Waals surface area (Å²) in [5, 5.41) is 8.52. The normalized spacial score (nSPS) is 9.27. The molecule has 1 rings (SSSR count). The Morgan fingerprint density at radius 1 is 1.64 bits per heavy atom. The topological polar surface area (TPSA) is 38.0 Å². The van der Waals surface area contributed by atoms with Crippen LogP contribution in [0.2, 0.25) is 0 Å².